The highest BCUT2D eigenvalue weighted by Crippen LogP contribution is 2.28. The van der Waals surface area contributed by atoms with Gasteiger partial charge in [0.2, 0.25) is 11.0 Å². The van der Waals surface area contributed by atoms with Gasteiger partial charge in [0.15, 0.2) is 0 Å². The van der Waals surface area contributed by atoms with Crippen molar-refractivity contribution in [2.75, 3.05) is 11.9 Å². The van der Waals surface area contributed by atoms with Crippen molar-refractivity contribution in [3.8, 4) is 10.6 Å². The van der Waals surface area contributed by atoms with Gasteiger partial charge in [-0.2, -0.15) is 0 Å². The summed E-state index contributed by atoms with van der Waals surface area (Å²) >= 11 is 4.77. The molecule has 0 bridgehead atoms. The lowest BCUT2D eigenvalue weighted by atomic mass is 10.0. The predicted molar refractivity (Wildman–Crippen MR) is 151 cm³/mol. The number of hydrogen-bond donors (Lipinski definition) is 1. The number of aromatic nitrogens is 2. The number of nitrogens with zero attached hydrogens (tertiary/aromatic N) is 3. The fraction of sp³-hybridized carbons (Fsp3) is 0.103. The van der Waals surface area contributed by atoms with Crippen molar-refractivity contribution in [1.29, 1.82) is 0 Å². The van der Waals surface area contributed by atoms with Gasteiger partial charge in [0.1, 0.15) is 5.01 Å². The van der Waals surface area contributed by atoms with Crippen molar-refractivity contribution in [2.24, 2.45) is 0 Å². The van der Waals surface area contributed by atoms with E-state index in [-0.39, 0.29) is 24.8 Å². The highest BCUT2D eigenvalue weighted by Gasteiger charge is 2.20. The molecule has 0 aliphatic heterocycles. The van der Waals surface area contributed by atoms with E-state index in [4.69, 9.17) is 0 Å². The standard InChI is InChI=1S/C29H23BrN4O2S/c30-23-13-6-12-22(18-23)27-32-33-29(37-27)31-26(35)16-17-34(19-20-8-2-1-3-9-20)28(36)25-15-7-11-21-10-4-5-14-24(21)25/h1-15,18H,16-17,19H2,(H,31,33,35). The Kier molecular flexibility index (Phi) is 7.67. The molecule has 1 heterocycles. The predicted octanol–water partition coefficient (Wildman–Crippen LogP) is 6.79. The second-order valence-electron chi connectivity index (χ2n) is 8.46. The normalized spacial score (nSPS) is 10.8. The summed E-state index contributed by atoms with van der Waals surface area (Å²) in [5.74, 6) is -0.331. The highest BCUT2D eigenvalue weighted by molar-refractivity contribution is 9.10. The van der Waals surface area contributed by atoms with Crippen LogP contribution in [0.15, 0.2) is 102 Å². The van der Waals surface area contributed by atoms with Gasteiger partial charge in [-0.05, 0) is 34.5 Å². The van der Waals surface area contributed by atoms with Crippen LogP contribution in [-0.2, 0) is 11.3 Å². The van der Waals surface area contributed by atoms with Crippen LogP contribution < -0.4 is 5.32 Å². The third-order valence-electron chi connectivity index (χ3n) is 5.88. The number of hydrogen-bond acceptors (Lipinski definition) is 5. The Morgan fingerprint density at radius 1 is 0.865 bits per heavy atom. The Labute approximate surface area is 227 Å². The van der Waals surface area contributed by atoms with Crippen LogP contribution in [0.5, 0.6) is 0 Å². The molecule has 1 N–H and O–H groups in total. The summed E-state index contributed by atoms with van der Waals surface area (Å²) < 4.78 is 0.945. The van der Waals surface area contributed by atoms with E-state index in [1.807, 2.05) is 97.1 Å². The Hall–Kier alpha value is -3.88. The topological polar surface area (TPSA) is 75.2 Å². The molecule has 4 aromatic carbocycles. The lowest BCUT2D eigenvalue weighted by molar-refractivity contribution is -0.116. The van der Waals surface area contributed by atoms with E-state index in [0.717, 1.165) is 26.4 Å². The van der Waals surface area contributed by atoms with E-state index in [1.54, 1.807) is 4.90 Å². The average Bonchev–Trinajstić information content (AvgIpc) is 3.39. The zero-order valence-corrected chi connectivity index (χ0v) is 22.2. The fourth-order valence-corrected chi connectivity index (χ4v) is 5.22. The van der Waals surface area contributed by atoms with Crippen molar-refractivity contribution < 1.29 is 9.59 Å². The molecule has 0 aliphatic carbocycles. The van der Waals surface area contributed by atoms with Crippen LogP contribution in [0.4, 0.5) is 5.13 Å². The lowest BCUT2D eigenvalue weighted by Crippen LogP contribution is -2.33. The van der Waals surface area contributed by atoms with Gasteiger partial charge >= 0.3 is 0 Å². The molecule has 37 heavy (non-hydrogen) atoms. The second kappa shape index (κ2) is 11.5. The number of amides is 2. The van der Waals surface area contributed by atoms with E-state index < -0.39 is 0 Å². The van der Waals surface area contributed by atoms with Crippen LogP contribution in [0.25, 0.3) is 21.3 Å². The molecule has 0 spiro atoms. The summed E-state index contributed by atoms with van der Waals surface area (Å²) in [4.78, 5) is 28.2. The van der Waals surface area contributed by atoms with Crippen LogP contribution in [0.2, 0.25) is 0 Å². The molecule has 1 aromatic heterocycles. The van der Waals surface area contributed by atoms with Gasteiger partial charge < -0.3 is 10.2 Å². The minimum Gasteiger partial charge on any atom is -0.334 e. The van der Waals surface area contributed by atoms with Gasteiger partial charge in [0.25, 0.3) is 5.91 Å². The SMILES string of the molecule is O=C(CCN(Cc1ccccc1)C(=O)c1cccc2ccccc12)Nc1nnc(-c2cccc(Br)c2)s1. The zero-order valence-electron chi connectivity index (χ0n) is 19.8. The molecule has 0 radical (unpaired) electrons. The number of halogens is 1. The van der Waals surface area contributed by atoms with Crippen LogP contribution in [0.1, 0.15) is 22.3 Å². The van der Waals surface area contributed by atoms with E-state index in [0.29, 0.717) is 22.2 Å². The first-order valence-electron chi connectivity index (χ1n) is 11.8. The van der Waals surface area contributed by atoms with Gasteiger partial charge in [0.05, 0.1) is 0 Å². The third kappa shape index (κ3) is 6.10. The molecule has 5 rings (SSSR count). The van der Waals surface area contributed by atoms with Crippen LogP contribution in [0.3, 0.4) is 0 Å². The smallest absolute Gasteiger partial charge is 0.254 e. The lowest BCUT2D eigenvalue weighted by Gasteiger charge is -2.23. The number of benzene rings is 4. The van der Waals surface area contributed by atoms with Crippen molar-refractivity contribution in [2.45, 2.75) is 13.0 Å². The molecule has 6 nitrogen and oxygen atoms in total. The van der Waals surface area contributed by atoms with Gasteiger partial charge in [-0.3, -0.25) is 9.59 Å². The molecule has 0 saturated heterocycles. The van der Waals surface area contributed by atoms with Crippen molar-refractivity contribution >= 4 is 55.0 Å². The average molecular weight is 572 g/mol. The molecule has 184 valence electrons. The largest absolute Gasteiger partial charge is 0.334 e. The van der Waals surface area contributed by atoms with E-state index >= 15 is 0 Å². The number of carbonyl (C=O) groups excluding carboxylic acids is 2. The second-order valence-corrected chi connectivity index (χ2v) is 10.4. The number of carbonyl (C=O) groups is 2. The zero-order chi connectivity index (χ0) is 25.6. The molecule has 0 unspecified atom stereocenters. The van der Waals surface area contributed by atoms with Gasteiger partial charge in [-0.25, -0.2) is 0 Å². The van der Waals surface area contributed by atoms with E-state index in [1.165, 1.54) is 11.3 Å². The molecule has 0 aliphatic rings. The number of nitrogens with one attached hydrogen (secondary N) is 1. The van der Waals surface area contributed by atoms with Crippen molar-refractivity contribution in [3.05, 3.63) is 113 Å². The summed E-state index contributed by atoms with van der Waals surface area (Å²) in [7, 11) is 0. The molecular weight excluding hydrogens is 548 g/mol. The van der Waals surface area contributed by atoms with Crippen LogP contribution in [-0.4, -0.2) is 33.5 Å². The summed E-state index contributed by atoms with van der Waals surface area (Å²) in [6.07, 6.45) is 0.134. The van der Waals surface area contributed by atoms with Crippen LogP contribution >= 0.6 is 27.3 Å². The monoisotopic (exact) mass is 570 g/mol. The molecule has 0 fully saturated rings. The summed E-state index contributed by atoms with van der Waals surface area (Å²) in [5, 5.41) is 14.2. The number of fused-ring (bicyclic) bond motifs is 1. The molecule has 5 aromatic rings. The Balaban J connectivity index is 1.31. The number of rotatable bonds is 8. The van der Waals surface area contributed by atoms with Gasteiger partial charge in [-0.1, -0.05) is 106 Å². The molecular formula is C29H23BrN4O2S. The molecule has 8 heteroatoms. The third-order valence-corrected chi connectivity index (χ3v) is 7.26. The maximum Gasteiger partial charge on any atom is 0.254 e. The van der Waals surface area contributed by atoms with Crippen molar-refractivity contribution in [3.63, 3.8) is 0 Å². The van der Waals surface area contributed by atoms with Crippen LogP contribution in [0, 0.1) is 0 Å². The van der Waals surface area contributed by atoms with Gasteiger partial charge in [0, 0.05) is 35.1 Å². The van der Waals surface area contributed by atoms with Gasteiger partial charge in [-0.15, -0.1) is 10.2 Å². The quantitative estimate of drug-likeness (QED) is 0.223. The first-order valence-corrected chi connectivity index (χ1v) is 13.4. The Morgan fingerprint density at radius 2 is 1.62 bits per heavy atom. The fourth-order valence-electron chi connectivity index (χ4n) is 4.07. The minimum atomic E-state index is -0.222. The first kappa shape index (κ1) is 24.8. The highest BCUT2D eigenvalue weighted by atomic mass is 79.9. The summed E-state index contributed by atoms with van der Waals surface area (Å²) in [6, 6.07) is 31.1. The molecule has 0 saturated carbocycles. The maximum absolute atomic E-state index is 13.7. The maximum atomic E-state index is 13.7. The van der Waals surface area contributed by atoms with E-state index in [9.17, 15) is 9.59 Å². The number of anilines is 1. The van der Waals surface area contributed by atoms with Crippen molar-refractivity contribution in [1.82, 2.24) is 15.1 Å². The molecule has 2 amide bonds. The summed E-state index contributed by atoms with van der Waals surface area (Å²) in [5.41, 5.74) is 2.54. The Morgan fingerprint density at radius 3 is 2.46 bits per heavy atom. The molecule has 0 atom stereocenters. The first-order chi connectivity index (χ1) is 18.1. The minimum absolute atomic E-state index is 0.110. The Bertz CT molecular complexity index is 1550. The summed E-state index contributed by atoms with van der Waals surface area (Å²) in [6.45, 7) is 0.669. The van der Waals surface area contributed by atoms with E-state index in [2.05, 4.69) is 31.4 Å².